The second kappa shape index (κ2) is 23.3. The number of carbonyl (C=O) groups excluding carboxylic acids is 4. The number of hydroxylamine groups is 1. The zero-order valence-electron chi connectivity index (χ0n) is 42.3. The predicted octanol–water partition coefficient (Wildman–Crippen LogP) is 6.16. The van der Waals surface area contributed by atoms with E-state index in [-0.39, 0.29) is 41.7 Å². The number of aliphatic hydroxyl groups is 1. The summed E-state index contributed by atoms with van der Waals surface area (Å²) in [6.07, 6.45) is -2.60. The van der Waals surface area contributed by atoms with Crippen molar-refractivity contribution in [1.82, 2.24) is 25.6 Å². The number of carbonyl (C=O) groups is 4. The monoisotopic (exact) mass is 977 g/mol. The van der Waals surface area contributed by atoms with Crippen LogP contribution in [0.4, 0.5) is 0 Å². The highest BCUT2D eigenvalue weighted by atomic mass is 32.2. The minimum absolute atomic E-state index is 0.0975. The van der Waals surface area contributed by atoms with Crippen molar-refractivity contribution in [2.45, 2.75) is 175 Å². The molecule has 2 aromatic rings. The quantitative estimate of drug-likeness (QED) is 0.0839. The van der Waals surface area contributed by atoms with E-state index >= 15 is 4.79 Å². The third kappa shape index (κ3) is 12.0. The number of cyclic esters (lactones) is 1. The molecule has 3 aliphatic heterocycles. The summed E-state index contributed by atoms with van der Waals surface area (Å²) in [5.41, 5.74) is 0.959. The molecule has 0 saturated carbocycles. The number of hydrogen-bond acceptors (Lipinski definition) is 17. The number of aromatic nitrogens is 3. The van der Waals surface area contributed by atoms with E-state index in [1.54, 1.807) is 40.8 Å². The van der Waals surface area contributed by atoms with Crippen LogP contribution in [-0.4, -0.2) is 140 Å². The number of nitrogens with one attached hydrogen (secondary N) is 1. The first kappa shape index (κ1) is 55.0. The SMILES string of the molecule is CC[C@@H]1OC(=O)[C@H](C)C(=O)[C@H](C)[C@@H](O[C@@H]2O[C@@H](C)C[C@H](N(C)CC(C)[S+](CC)CC)[C@H]2O)[C@](C)(OC)C[C@@H](C)C(=O)[C@H](C)[C@H]2[C@H](C(C)NO[C@@H](C)c3nnc(-c4ccccn4)s3)C(=O)O[C@@]21C. The number of fused-ring (bicyclic) bond motifs is 1. The van der Waals surface area contributed by atoms with Gasteiger partial charge in [-0.1, -0.05) is 45.1 Å². The van der Waals surface area contributed by atoms with Crippen LogP contribution in [0.15, 0.2) is 24.4 Å². The van der Waals surface area contributed by atoms with Gasteiger partial charge in [0, 0.05) is 55.6 Å². The van der Waals surface area contributed by atoms with Gasteiger partial charge in [0.05, 0.1) is 23.7 Å². The average molecular weight is 977 g/mol. The van der Waals surface area contributed by atoms with Crippen LogP contribution >= 0.6 is 11.3 Å². The van der Waals surface area contributed by atoms with Gasteiger partial charge < -0.3 is 28.8 Å². The molecule has 5 rings (SSSR count). The number of ether oxygens (including phenoxy) is 5. The summed E-state index contributed by atoms with van der Waals surface area (Å²) >= 11 is 1.33. The number of methoxy groups -OCH3 is 1. The maximum atomic E-state index is 15.0. The Hall–Kier alpha value is -2.94. The molecule has 0 aromatic carbocycles. The number of ketones is 2. The number of pyridine rings is 1. The van der Waals surface area contributed by atoms with Crippen molar-refractivity contribution in [3.8, 4) is 10.7 Å². The van der Waals surface area contributed by atoms with E-state index in [1.165, 1.54) is 25.4 Å². The van der Waals surface area contributed by atoms with E-state index in [0.717, 1.165) is 18.1 Å². The number of rotatable bonds is 16. The van der Waals surface area contributed by atoms with E-state index in [1.807, 2.05) is 52.9 Å². The topological polar surface area (TPSA) is 198 Å². The predicted molar refractivity (Wildman–Crippen MR) is 258 cm³/mol. The molecule has 2 N–H and O–H groups in total. The molecule has 67 heavy (non-hydrogen) atoms. The first-order valence-electron chi connectivity index (χ1n) is 24.1. The molecular weight excluding hydrogens is 899 g/mol. The molecule has 0 spiro atoms. The summed E-state index contributed by atoms with van der Waals surface area (Å²) in [6, 6.07) is 4.55. The Morgan fingerprint density at radius 3 is 2.28 bits per heavy atom. The first-order chi connectivity index (χ1) is 31.6. The molecule has 0 bridgehead atoms. The van der Waals surface area contributed by atoms with E-state index in [0.29, 0.717) is 27.4 Å². The van der Waals surface area contributed by atoms with Crippen LogP contribution in [-0.2, 0) is 58.6 Å². The summed E-state index contributed by atoms with van der Waals surface area (Å²) in [4.78, 5) is 70.7. The standard InChI is InChI=1S/C49H78N5O11S2/c1-16-36-49(13)38(37(46(59)64-49)32(10)53-65-33(11)43-51-52-44(66-43)34-21-19-20-22-50-34)29(7)39(55)26(4)24-48(12,60-15)42(30(8)40(56)31(9)45(58)62-36)63-47-41(57)35(23-27(5)61-47)54(14)25-28(6)67(17-2)18-3/h19-22,26-33,35-38,41-42,47,53,57H,16-18,23-25H2,1-15H3/q+1/t26-,27+,28?,29-,30+,31-,32?,33+,35+,36+,37+,38+,41-,42-,47+,48-,49-/m1/s1. The first-order valence-corrected chi connectivity index (χ1v) is 26.6. The highest BCUT2D eigenvalue weighted by molar-refractivity contribution is 7.97. The van der Waals surface area contributed by atoms with Crippen molar-refractivity contribution in [2.24, 2.45) is 35.5 Å². The van der Waals surface area contributed by atoms with Crippen LogP contribution in [0.25, 0.3) is 10.7 Å². The third-order valence-corrected chi connectivity index (χ3v) is 18.7. The summed E-state index contributed by atoms with van der Waals surface area (Å²) in [5.74, 6) is -5.32. The molecule has 18 heteroatoms. The largest absolute Gasteiger partial charge is 0.458 e. The van der Waals surface area contributed by atoms with Gasteiger partial charge in [-0.3, -0.25) is 33.9 Å². The zero-order chi connectivity index (χ0) is 49.7. The van der Waals surface area contributed by atoms with Crippen LogP contribution in [0, 0.1) is 35.5 Å². The molecule has 5 heterocycles. The van der Waals surface area contributed by atoms with Crippen LogP contribution in [0.1, 0.15) is 120 Å². The maximum absolute atomic E-state index is 15.0. The Balaban J connectivity index is 1.45. The Labute approximate surface area is 405 Å². The Kier molecular flexibility index (Phi) is 19.1. The highest BCUT2D eigenvalue weighted by Crippen LogP contribution is 2.49. The van der Waals surface area contributed by atoms with Crippen molar-refractivity contribution in [2.75, 3.05) is 32.2 Å². The Morgan fingerprint density at radius 1 is 0.985 bits per heavy atom. The average Bonchev–Trinajstić information content (AvgIpc) is 3.91. The van der Waals surface area contributed by atoms with E-state index < -0.39 is 101 Å². The number of likely N-dealkylation sites (N-methyl/N-ethyl adjacent to an activating group) is 1. The van der Waals surface area contributed by atoms with Gasteiger partial charge >= 0.3 is 11.9 Å². The summed E-state index contributed by atoms with van der Waals surface area (Å²) in [5, 5.41) is 22.3. The summed E-state index contributed by atoms with van der Waals surface area (Å²) in [7, 11) is 3.77. The van der Waals surface area contributed by atoms with Gasteiger partial charge in [-0.25, -0.2) is 0 Å². The lowest BCUT2D eigenvalue weighted by Gasteiger charge is -2.47. The molecule has 2 aromatic heterocycles. The summed E-state index contributed by atoms with van der Waals surface area (Å²) in [6.45, 7) is 25.1. The fourth-order valence-electron chi connectivity index (χ4n) is 10.9. The third-order valence-electron chi connectivity index (χ3n) is 14.8. The normalized spacial score (nSPS) is 36.0. The van der Waals surface area contributed by atoms with E-state index in [4.69, 9.17) is 28.5 Å². The molecule has 0 radical (unpaired) electrons. The molecule has 2 unspecified atom stereocenters. The molecular formula is C49H78N5O11S2+. The fourth-order valence-corrected chi connectivity index (χ4v) is 13.7. The lowest BCUT2D eigenvalue weighted by atomic mass is 9.66. The Morgan fingerprint density at radius 2 is 1.67 bits per heavy atom. The van der Waals surface area contributed by atoms with Crippen molar-refractivity contribution >= 4 is 45.7 Å². The zero-order valence-corrected chi connectivity index (χ0v) is 44.0. The van der Waals surface area contributed by atoms with E-state index in [9.17, 15) is 19.5 Å². The van der Waals surface area contributed by atoms with Crippen LogP contribution < -0.4 is 5.48 Å². The van der Waals surface area contributed by atoms with Gasteiger partial charge in [0.1, 0.15) is 57.5 Å². The van der Waals surface area contributed by atoms with Gasteiger partial charge in [-0.15, -0.1) is 10.2 Å². The molecule has 3 aliphatic rings. The minimum Gasteiger partial charge on any atom is -0.458 e. The Bertz CT molecular complexity index is 1980. The molecule has 16 nitrogen and oxygen atoms in total. The van der Waals surface area contributed by atoms with Gasteiger partial charge in [-0.2, -0.15) is 5.48 Å². The lowest BCUT2D eigenvalue weighted by Crippen LogP contribution is -2.60. The highest BCUT2D eigenvalue weighted by Gasteiger charge is 2.62. The van der Waals surface area contributed by atoms with Crippen molar-refractivity contribution in [3.05, 3.63) is 29.4 Å². The number of hydrogen-bond donors (Lipinski definition) is 2. The smallest absolute Gasteiger partial charge is 0.316 e. The summed E-state index contributed by atoms with van der Waals surface area (Å²) < 4.78 is 31.9. The van der Waals surface area contributed by atoms with Gasteiger partial charge in [-0.05, 0) is 112 Å². The lowest BCUT2D eigenvalue weighted by molar-refractivity contribution is -0.296. The molecule has 0 amide bonds. The number of aliphatic hydroxyl groups excluding tert-OH is 1. The molecule has 376 valence electrons. The van der Waals surface area contributed by atoms with Gasteiger partial charge in [0.2, 0.25) is 0 Å². The van der Waals surface area contributed by atoms with Crippen molar-refractivity contribution in [3.63, 3.8) is 0 Å². The second-order valence-corrected chi connectivity index (χ2v) is 23.6. The number of Topliss-reactive ketones (excluding diaryl/α,β-unsaturated/α-hetero) is 2. The van der Waals surface area contributed by atoms with Gasteiger partial charge in [0.25, 0.3) is 0 Å². The van der Waals surface area contributed by atoms with Gasteiger partial charge in [0.15, 0.2) is 22.7 Å². The molecule has 3 saturated heterocycles. The molecule has 3 fully saturated rings. The van der Waals surface area contributed by atoms with Crippen LogP contribution in [0.2, 0.25) is 0 Å². The van der Waals surface area contributed by atoms with Crippen LogP contribution in [0.5, 0.6) is 0 Å². The molecule has 17 atom stereocenters. The van der Waals surface area contributed by atoms with Crippen LogP contribution in [0.3, 0.4) is 0 Å². The number of esters is 2. The fraction of sp³-hybridized carbons (Fsp3) is 0.776. The minimum atomic E-state index is -1.46. The maximum Gasteiger partial charge on any atom is 0.316 e. The molecule has 0 aliphatic carbocycles. The van der Waals surface area contributed by atoms with Crippen molar-refractivity contribution < 1.29 is 52.8 Å². The van der Waals surface area contributed by atoms with Crippen molar-refractivity contribution in [1.29, 1.82) is 0 Å². The second-order valence-electron chi connectivity index (χ2n) is 19.6. The van der Waals surface area contributed by atoms with E-state index in [2.05, 4.69) is 46.3 Å². The number of nitrogens with zero attached hydrogens (tertiary/aromatic N) is 4.